The molecule has 0 aliphatic carbocycles. The number of carbonyl (C=O) groups excluding carboxylic acids is 1. The van der Waals surface area contributed by atoms with Crippen LogP contribution in [0.3, 0.4) is 0 Å². The van der Waals surface area contributed by atoms with Gasteiger partial charge in [-0.05, 0) is 55.8 Å². The van der Waals surface area contributed by atoms with Gasteiger partial charge in [-0.3, -0.25) is 4.79 Å². The maximum absolute atomic E-state index is 12.5. The Balaban J connectivity index is 0.00000136. The highest BCUT2D eigenvalue weighted by Crippen LogP contribution is 2.29. The zero-order chi connectivity index (χ0) is 20.7. The smallest absolute Gasteiger partial charge is 0.193 e. The van der Waals surface area contributed by atoms with Crippen molar-refractivity contribution >= 4 is 28.5 Å². The molecule has 3 aromatic rings. The van der Waals surface area contributed by atoms with E-state index < -0.39 is 0 Å². The van der Waals surface area contributed by atoms with Gasteiger partial charge >= 0.3 is 0 Å². The number of benzene rings is 3. The second-order valence-electron chi connectivity index (χ2n) is 6.21. The zero-order valence-corrected chi connectivity index (χ0v) is 16.7. The van der Waals surface area contributed by atoms with Crippen LogP contribution in [0.25, 0.3) is 0 Å². The molecule has 0 heterocycles. The number of nitrogens with two attached hydrogens (primary N) is 2. The number of aryl methyl sites for hydroxylation is 2. The fourth-order valence-corrected chi connectivity index (χ4v) is 2.48. The summed E-state index contributed by atoms with van der Waals surface area (Å²) < 4.78 is 0. The Morgan fingerprint density at radius 2 is 1.29 bits per heavy atom. The topological polar surface area (TPSA) is 93.8 Å². The summed E-state index contributed by atoms with van der Waals surface area (Å²) in [5.41, 5.74) is 17.4. The molecule has 28 heavy (non-hydrogen) atoms. The van der Waals surface area contributed by atoms with Crippen LogP contribution in [-0.4, -0.2) is 5.78 Å². The lowest BCUT2D eigenvalue weighted by Gasteiger charge is -2.04. The van der Waals surface area contributed by atoms with Crippen molar-refractivity contribution in [2.75, 3.05) is 11.5 Å². The van der Waals surface area contributed by atoms with Gasteiger partial charge in [-0.25, -0.2) is 0 Å². The van der Waals surface area contributed by atoms with Gasteiger partial charge in [0.15, 0.2) is 5.78 Å². The van der Waals surface area contributed by atoms with Crippen LogP contribution in [0.2, 0.25) is 0 Å². The Labute approximate surface area is 166 Å². The van der Waals surface area contributed by atoms with Crippen LogP contribution in [0.5, 0.6) is 0 Å². The first-order chi connectivity index (χ1) is 13.4. The van der Waals surface area contributed by atoms with Gasteiger partial charge in [0, 0.05) is 16.8 Å². The molecule has 0 aromatic heterocycles. The van der Waals surface area contributed by atoms with Crippen molar-refractivity contribution < 1.29 is 4.79 Å². The number of hydrogen-bond donors (Lipinski definition) is 2. The number of nitrogen functional groups attached to an aromatic ring is 2. The summed E-state index contributed by atoms with van der Waals surface area (Å²) >= 11 is 0. The standard InChI is InChI=1S/C21H20N4O.C2H6/c1-13-3-5-15(6-4-13)21(26)16-7-9-17(10-8-16)24-25-20-12-18(22)14(2)11-19(20)23;1-2/h3-12H,22-23H2,1-2H3;1-2H3. The summed E-state index contributed by atoms with van der Waals surface area (Å²) in [5.74, 6) is -0.0240. The van der Waals surface area contributed by atoms with Crippen molar-refractivity contribution in [2.45, 2.75) is 27.7 Å². The highest BCUT2D eigenvalue weighted by molar-refractivity contribution is 6.09. The third-order valence-electron chi connectivity index (χ3n) is 4.13. The molecule has 0 bridgehead atoms. The monoisotopic (exact) mass is 374 g/mol. The molecule has 0 saturated carbocycles. The molecule has 0 unspecified atom stereocenters. The van der Waals surface area contributed by atoms with Crippen molar-refractivity contribution in [3.63, 3.8) is 0 Å². The summed E-state index contributed by atoms with van der Waals surface area (Å²) in [6, 6.07) is 18.0. The normalized spacial score (nSPS) is 10.4. The predicted octanol–water partition coefficient (Wildman–Crippen LogP) is 6.14. The second kappa shape index (κ2) is 9.46. The highest BCUT2D eigenvalue weighted by atomic mass is 16.1. The number of carbonyl (C=O) groups is 1. The van der Waals surface area contributed by atoms with Crippen LogP contribution in [0, 0.1) is 13.8 Å². The Hall–Kier alpha value is -3.47. The van der Waals surface area contributed by atoms with Crippen molar-refractivity contribution in [3.8, 4) is 0 Å². The first-order valence-corrected chi connectivity index (χ1v) is 9.23. The van der Waals surface area contributed by atoms with E-state index >= 15 is 0 Å². The summed E-state index contributed by atoms with van der Waals surface area (Å²) in [6.45, 7) is 7.87. The maximum atomic E-state index is 12.5. The molecule has 0 fully saturated rings. The van der Waals surface area contributed by atoms with Gasteiger partial charge in [0.2, 0.25) is 0 Å². The van der Waals surface area contributed by atoms with Gasteiger partial charge < -0.3 is 11.5 Å². The van der Waals surface area contributed by atoms with Gasteiger partial charge in [-0.1, -0.05) is 43.7 Å². The minimum atomic E-state index is -0.0240. The molecular weight excluding hydrogens is 348 g/mol. The first kappa shape index (κ1) is 20.8. The fraction of sp³-hybridized carbons (Fsp3) is 0.174. The highest BCUT2D eigenvalue weighted by Gasteiger charge is 2.08. The predicted molar refractivity (Wildman–Crippen MR) is 117 cm³/mol. The third-order valence-corrected chi connectivity index (χ3v) is 4.13. The molecule has 4 N–H and O–H groups in total. The van der Waals surface area contributed by atoms with E-state index in [9.17, 15) is 4.79 Å². The van der Waals surface area contributed by atoms with E-state index in [0.717, 1.165) is 11.1 Å². The summed E-state index contributed by atoms with van der Waals surface area (Å²) in [7, 11) is 0. The molecule has 3 rings (SSSR count). The Morgan fingerprint density at radius 1 is 0.750 bits per heavy atom. The summed E-state index contributed by atoms with van der Waals surface area (Å²) in [4.78, 5) is 12.5. The molecule has 5 heteroatoms. The van der Waals surface area contributed by atoms with Crippen LogP contribution < -0.4 is 11.5 Å². The molecule has 3 aromatic carbocycles. The van der Waals surface area contributed by atoms with E-state index in [4.69, 9.17) is 11.5 Å². The van der Waals surface area contributed by atoms with Gasteiger partial charge in [0.25, 0.3) is 0 Å². The Morgan fingerprint density at radius 3 is 1.86 bits per heavy atom. The lowest BCUT2D eigenvalue weighted by molar-refractivity contribution is 0.103. The number of azo groups is 1. The maximum Gasteiger partial charge on any atom is 0.193 e. The van der Waals surface area contributed by atoms with Crippen LogP contribution >= 0.6 is 0 Å². The number of anilines is 2. The third kappa shape index (κ3) is 5.04. The minimum absolute atomic E-state index is 0.0240. The van der Waals surface area contributed by atoms with Crippen molar-refractivity contribution in [3.05, 3.63) is 82.9 Å². The molecule has 144 valence electrons. The van der Waals surface area contributed by atoms with Gasteiger partial charge in [-0.2, -0.15) is 5.11 Å². The molecular formula is C23H26N4O. The number of nitrogens with zero attached hydrogens (tertiary/aromatic N) is 2. The average Bonchev–Trinajstić information content (AvgIpc) is 2.72. The van der Waals surface area contributed by atoms with Crippen LogP contribution in [0.1, 0.15) is 40.9 Å². The van der Waals surface area contributed by atoms with Crippen LogP contribution in [0.15, 0.2) is 70.9 Å². The molecule has 0 spiro atoms. The fourth-order valence-electron chi connectivity index (χ4n) is 2.48. The lowest BCUT2D eigenvalue weighted by Crippen LogP contribution is -2.00. The van der Waals surface area contributed by atoms with Gasteiger partial charge in [0.1, 0.15) is 5.69 Å². The van der Waals surface area contributed by atoms with Crippen molar-refractivity contribution in [1.29, 1.82) is 0 Å². The first-order valence-electron chi connectivity index (χ1n) is 9.23. The largest absolute Gasteiger partial charge is 0.398 e. The van der Waals surface area contributed by atoms with Crippen molar-refractivity contribution in [1.82, 2.24) is 0 Å². The Bertz CT molecular complexity index is 975. The van der Waals surface area contributed by atoms with Crippen molar-refractivity contribution in [2.24, 2.45) is 10.2 Å². The number of ketones is 1. The van der Waals surface area contributed by atoms with Gasteiger partial charge in [-0.15, -0.1) is 5.11 Å². The van der Waals surface area contributed by atoms with E-state index in [-0.39, 0.29) is 5.78 Å². The molecule has 5 nitrogen and oxygen atoms in total. The van der Waals surface area contributed by atoms with E-state index in [1.165, 1.54) is 0 Å². The number of rotatable bonds is 4. The lowest BCUT2D eigenvalue weighted by atomic mass is 10.0. The SMILES string of the molecule is CC.Cc1ccc(C(=O)c2ccc(N=Nc3cc(N)c(C)cc3N)cc2)cc1. The average molecular weight is 374 g/mol. The van der Waals surface area contributed by atoms with E-state index in [0.29, 0.717) is 33.9 Å². The Kier molecular flexibility index (Phi) is 7.04. The molecule has 0 aliphatic heterocycles. The molecule has 0 atom stereocenters. The second-order valence-corrected chi connectivity index (χ2v) is 6.21. The minimum Gasteiger partial charge on any atom is -0.398 e. The van der Waals surface area contributed by atoms with E-state index in [2.05, 4.69) is 10.2 Å². The number of hydrogen-bond acceptors (Lipinski definition) is 5. The quantitative estimate of drug-likeness (QED) is 0.326. The van der Waals surface area contributed by atoms with Gasteiger partial charge in [0.05, 0.1) is 11.4 Å². The molecule has 0 amide bonds. The molecule has 0 radical (unpaired) electrons. The zero-order valence-electron chi connectivity index (χ0n) is 16.7. The molecule has 0 aliphatic rings. The van der Waals surface area contributed by atoms with E-state index in [1.807, 2.05) is 52.0 Å². The summed E-state index contributed by atoms with van der Waals surface area (Å²) in [6.07, 6.45) is 0. The van der Waals surface area contributed by atoms with E-state index in [1.54, 1.807) is 36.4 Å². The molecule has 0 saturated heterocycles. The van der Waals surface area contributed by atoms with Crippen LogP contribution in [0.4, 0.5) is 22.7 Å². The summed E-state index contributed by atoms with van der Waals surface area (Å²) in [5, 5.41) is 8.33. The van der Waals surface area contributed by atoms with Crippen LogP contribution in [-0.2, 0) is 0 Å².